The van der Waals surface area contributed by atoms with Crippen LogP contribution in [0.4, 0.5) is 0 Å². The maximum Gasteiger partial charge on any atom is 0.0464 e. The molecule has 19 heavy (non-hydrogen) atoms. The van der Waals surface area contributed by atoms with E-state index in [-0.39, 0.29) is 0 Å². The van der Waals surface area contributed by atoms with E-state index in [1.54, 1.807) is 0 Å². The third-order valence-corrected chi connectivity index (χ3v) is 4.94. The number of halogens is 2. The fraction of sp³-hybridized carbons (Fsp3) is 0.600. The lowest BCUT2D eigenvalue weighted by atomic mass is 9.97. The average molecular weight is 346 g/mol. The Kier molecular flexibility index (Phi) is 5.29. The van der Waals surface area contributed by atoms with Gasteiger partial charge in [0.15, 0.2) is 0 Å². The van der Waals surface area contributed by atoms with Crippen LogP contribution in [0.5, 0.6) is 0 Å². The Balaban J connectivity index is 1.99. The highest BCUT2D eigenvalue weighted by atomic mass is 79.9. The molecule has 0 aromatic heterocycles. The van der Waals surface area contributed by atoms with Gasteiger partial charge in [0, 0.05) is 27.6 Å². The van der Waals surface area contributed by atoms with Crippen molar-refractivity contribution in [3.8, 4) is 0 Å². The maximum atomic E-state index is 6.32. The molecule has 1 aromatic carbocycles. The van der Waals surface area contributed by atoms with Gasteiger partial charge in [0.05, 0.1) is 0 Å². The van der Waals surface area contributed by atoms with Gasteiger partial charge in [0.2, 0.25) is 0 Å². The monoisotopic (exact) mass is 344 g/mol. The first-order chi connectivity index (χ1) is 8.97. The summed E-state index contributed by atoms with van der Waals surface area (Å²) >= 11 is 9.76. The second-order valence-corrected chi connectivity index (χ2v) is 6.93. The van der Waals surface area contributed by atoms with Crippen LogP contribution in [0, 0.1) is 0 Å². The minimum atomic E-state index is 0.293. The van der Waals surface area contributed by atoms with Gasteiger partial charge in [-0.1, -0.05) is 33.6 Å². The molecular weight excluding hydrogens is 324 g/mol. The molecule has 0 bridgehead atoms. The van der Waals surface area contributed by atoms with Gasteiger partial charge in [-0.2, -0.15) is 0 Å². The summed E-state index contributed by atoms with van der Waals surface area (Å²) < 4.78 is 1.03. The summed E-state index contributed by atoms with van der Waals surface area (Å²) in [6, 6.07) is 7.65. The SMILES string of the molecule is CC(NC1CCN(C)C(C)C1)c1ccc(Br)cc1Cl. The third kappa shape index (κ3) is 3.94. The van der Waals surface area contributed by atoms with Gasteiger partial charge in [-0.25, -0.2) is 0 Å². The molecule has 106 valence electrons. The van der Waals surface area contributed by atoms with Crippen molar-refractivity contribution in [2.45, 2.75) is 44.8 Å². The predicted molar refractivity (Wildman–Crippen MR) is 85.8 cm³/mol. The molecule has 3 atom stereocenters. The van der Waals surface area contributed by atoms with Crippen LogP contribution in [0.2, 0.25) is 5.02 Å². The molecule has 3 unspecified atom stereocenters. The molecule has 0 amide bonds. The first-order valence-corrected chi connectivity index (χ1v) is 8.05. The van der Waals surface area contributed by atoms with Crippen LogP contribution in [0.15, 0.2) is 22.7 Å². The van der Waals surface area contributed by atoms with Crippen LogP contribution >= 0.6 is 27.5 Å². The summed E-state index contributed by atoms with van der Waals surface area (Å²) in [4.78, 5) is 2.43. The molecular formula is C15H22BrClN2. The van der Waals surface area contributed by atoms with Crippen LogP contribution in [0.25, 0.3) is 0 Å². The minimum absolute atomic E-state index is 0.293. The Labute approximate surface area is 129 Å². The molecule has 2 rings (SSSR count). The zero-order valence-corrected chi connectivity index (χ0v) is 14.1. The fourth-order valence-corrected chi connectivity index (χ4v) is 3.57. The van der Waals surface area contributed by atoms with Gasteiger partial charge >= 0.3 is 0 Å². The van der Waals surface area contributed by atoms with Crippen molar-refractivity contribution in [2.75, 3.05) is 13.6 Å². The van der Waals surface area contributed by atoms with E-state index >= 15 is 0 Å². The Bertz CT molecular complexity index is 438. The molecule has 0 saturated carbocycles. The van der Waals surface area contributed by atoms with Gasteiger partial charge in [-0.05, 0) is 58.0 Å². The number of likely N-dealkylation sites (tertiary alicyclic amines) is 1. The van der Waals surface area contributed by atoms with E-state index in [1.807, 2.05) is 6.07 Å². The number of rotatable bonds is 3. The van der Waals surface area contributed by atoms with E-state index < -0.39 is 0 Å². The summed E-state index contributed by atoms with van der Waals surface area (Å²) in [5, 5.41) is 4.55. The van der Waals surface area contributed by atoms with Gasteiger partial charge in [0.1, 0.15) is 0 Å². The van der Waals surface area contributed by atoms with Crippen molar-refractivity contribution in [1.82, 2.24) is 10.2 Å². The summed E-state index contributed by atoms with van der Waals surface area (Å²) in [6.07, 6.45) is 2.41. The standard InChI is InChI=1S/C15H22BrClN2/c1-10-8-13(6-7-19(10)3)18-11(2)14-5-4-12(16)9-15(14)17/h4-5,9-11,13,18H,6-8H2,1-3H3. The molecule has 4 heteroatoms. The van der Waals surface area contributed by atoms with Crippen LogP contribution in [-0.2, 0) is 0 Å². The molecule has 1 aromatic rings. The Morgan fingerprint density at radius 2 is 2.21 bits per heavy atom. The van der Waals surface area contributed by atoms with Gasteiger partial charge in [-0.15, -0.1) is 0 Å². The lowest BCUT2D eigenvalue weighted by Crippen LogP contribution is -2.46. The second-order valence-electron chi connectivity index (χ2n) is 5.61. The molecule has 1 aliphatic rings. The number of piperidine rings is 1. The van der Waals surface area contributed by atoms with Crippen molar-refractivity contribution in [2.24, 2.45) is 0 Å². The van der Waals surface area contributed by atoms with Crippen LogP contribution in [-0.4, -0.2) is 30.6 Å². The number of hydrogen-bond acceptors (Lipinski definition) is 2. The van der Waals surface area contributed by atoms with Crippen molar-refractivity contribution in [3.05, 3.63) is 33.3 Å². The Morgan fingerprint density at radius 1 is 1.47 bits per heavy atom. The summed E-state index contributed by atoms with van der Waals surface area (Å²) in [5.74, 6) is 0. The second kappa shape index (κ2) is 6.57. The highest BCUT2D eigenvalue weighted by molar-refractivity contribution is 9.10. The lowest BCUT2D eigenvalue weighted by molar-refractivity contribution is 0.163. The number of nitrogens with zero attached hydrogens (tertiary/aromatic N) is 1. The van der Waals surface area contributed by atoms with E-state index in [2.05, 4.69) is 59.2 Å². The lowest BCUT2D eigenvalue weighted by Gasteiger charge is -2.36. The van der Waals surface area contributed by atoms with Gasteiger partial charge in [0.25, 0.3) is 0 Å². The first-order valence-electron chi connectivity index (χ1n) is 6.88. The van der Waals surface area contributed by atoms with E-state index in [1.165, 1.54) is 24.9 Å². The van der Waals surface area contributed by atoms with Crippen LogP contribution < -0.4 is 5.32 Å². The van der Waals surface area contributed by atoms with E-state index in [0.29, 0.717) is 18.1 Å². The Hall–Kier alpha value is -0.0900. The number of nitrogens with one attached hydrogen (secondary N) is 1. The highest BCUT2D eigenvalue weighted by Crippen LogP contribution is 2.27. The van der Waals surface area contributed by atoms with E-state index in [0.717, 1.165) is 9.50 Å². The van der Waals surface area contributed by atoms with Crippen LogP contribution in [0.3, 0.4) is 0 Å². The molecule has 1 fully saturated rings. The normalized spacial score (nSPS) is 26.4. The molecule has 0 radical (unpaired) electrons. The summed E-state index contributed by atoms with van der Waals surface area (Å²) in [5.41, 5.74) is 1.18. The molecule has 1 N–H and O–H groups in total. The topological polar surface area (TPSA) is 15.3 Å². The quantitative estimate of drug-likeness (QED) is 0.881. The third-order valence-electron chi connectivity index (χ3n) is 4.12. The van der Waals surface area contributed by atoms with Crippen molar-refractivity contribution in [1.29, 1.82) is 0 Å². The molecule has 1 aliphatic heterocycles. The zero-order chi connectivity index (χ0) is 14.0. The van der Waals surface area contributed by atoms with Crippen LogP contribution in [0.1, 0.15) is 38.3 Å². The molecule has 0 spiro atoms. The average Bonchev–Trinajstić information content (AvgIpc) is 2.33. The summed E-state index contributed by atoms with van der Waals surface area (Å²) in [7, 11) is 2.20. The fourth-order valence-electron chi connectivity index (χ4n) is 2.74. The number of benzene rings is 1. The van der Waals surface area contributed by atoms with Crippen molar-refractivity contribution in [3.63, 3.8) is 0 Å². The highest BCUT2D eigenvalue weighted by Gasteiger charge is 2.24. The molecule has 2 nitrogen and oxygen atoms in total. The maximum absolute atomic E-state index is 6.32. The number of hydrogen-bond donors (Lipinski definition) is 1. The van der Waals surface area contributed by atoms with Gasteiger partial charge in [-0.3, -0.25) is 0 Å². The zero-order valence-electron chi connectivity index (χ0n) is 11.8. The molecule has 1 heterocycles. The first kappa shape index (κ1) is 15.3. The minimum Gasteiger partial charge on any atom is -0.307 e. The summed E-state index contributed by atoms with van der Waals surface area (Å²) in [6.45, 7) is 5.66. The molecule has 1 saturated heterocycles. The predicted octanol–water partition coefficient (Wildman–Crippen LogP) is 4.24. The smallest absolute Gasteiger partial charge is 0.0464 e. The van der Waals surface area contributed by atoms with Crippen molar-refractivity contribution >= 4 is 27.5 Å². The largest absolute Gasteiger partial charge is 0.307 e. The Morgan fingerprint density at radius 3 is 2.84 bits per heavy atom. The van der Waals surface area contributed by atoms with Gasteiger partial charge < -0.3 is 10.2 Å². The van der Waals surface area contributed by atoms with E-state index in [9.17, 15) is 0 Å². The molecule has 0 aliphatic carbocycles. The van der Waals surface area contributed by atoms with Crippen molar-refractivity contribution < 1.29 is 0 Å². The van der Waals surface area contributed by atoms with E-state index in [4.69, 9.17) is 11.6 Å².